The average Bonchev–Trinajstić information content (AvgIpc) is 2.66. The molecule has 0 saturated carbocycles. The average molecular weight is 352 g/mol. The van der Waals surface area contributed by atoms with Crippen molar-refractivity contribution in [1.29, 1.82) is 0 Å². The van der Waals surface area contributed by atoms with Gasteiger partial charge in [0.25, 0.3) is 0 Å². The summed E-state index contributed by atoms with van der Waals surface area (Å²) in [6.07, 6.45) is 0. The lowest BCUT2D eigenvalue weighted by Crippen LogP contribution is -2.32. The number of carbonyl (C=O) groups is 1. The molecule has 3 rings (SSSR count). The van der Waals surface area contributed by atoms with Gasteiger partial charge >= 0.3 is 0 Å². The van der Waals surface area contributed by atoms with Gasteiger partial charge in [-0.05, 0) is 42.3 Å². The largest absolute Gasteiger partial charge is 0.374 e. The Bertz CT molecular complexity index is 896. The lowest BCUT2D eigenvalue weighted by molar-refractivity contribution is -0.116. The second-order valence-electron chi connectivity index (χ2n) is 5.92. The molecule has 0 aliphatic carbocycles. The van der Waals surface area contributed by atoms with Crippen LogP contribution in [0.3, 0.4) is 0 Å². The van der Waals surface area contributed by atoms with Crippen molar-refractivity contribution in [3.63, 3.8) is 0 Å². The van der Waals surface area contributed by atoms with Crippen LogP contribution >= 0.6 is 0 Å². The summed E-state index contributed by atoms with van der Waals surface area (Å²) >= 11 is 0. The van der Waals surface area contributed by atoms with Gasteiger partial charge in [0, 0.05) is 11.8 Å². The van der Waals surface area contributed by atoms with E-state index in [1.807, 2.05) is 54.6 Å². The Hall–Kier alpha value is -3.21. The highest BCUT2D eigenvalue weighted by Gasteiger charge is 2.15. The Kier molecular flexibility index (Phi) is 5.27. The number of nitrogens with one attached hydrogen (secondary N) is 2. The molecule has 0 aliphatic rings. The molecule has 26 heavy (non-hydrogen) atoms. The Balaban J connectivity index is 1.64. The lowest BCUT2D eigenvalue weighted by atomic mass is 10.1. The molecule has 2 N–H and O–H groups in total. The maximum Gasteiger partial charge on any atom is 0.246 e. The SMILES string of the molecule is CC(Nc1ccc(-c2ccccc2)cc1)C(=O)Nc1cc(F)ccc1F. The molecule has 1 unspecified atom stereocenters. The predicted octanol–water partition coefficient (Wildman–Crippen LogP) is 5.07. The van der Waals surface area contributed by atoms with E-state index >= 15 is 0 Å². The number of rotatable bonds is 5. The molecule has 5 heteroatoms. The second-order valence-corrected chi connectivity index (χ2v) is 5.92. The number of hydrogen-bond acceptors (Lipinski definition) is 2. The smallest absolute Gasteiger partial charge is 0.246 e. The molecule has 0 fully saturated rings. The molecule has 0 radical (unpaired) electrons. The molecule has 132 valence electrons. The topological polar surface area (TPSA) is 41.1 Å². The zero-order chi connectivity index (χ0) is 18.5. The van der Waals surface area contributed by atoms with Gasteiger partial charge in [0.15, 0.2) is 0 Å². The fourth-order valence-corrected chi connectivity index (χ4v) is 2.54. The third-order valence-electron chi connectivity index (χ3n) is 3.95. The van der Waals surface area contributed by atoms with E-state index in [4.69, 9.17) is 0 Å². The normalized spacial score (nSPS) is 11.7. The van der Waals surface area contributed by atoms with Gasteiger partial charge in [0.2, 0.25) is 5.91 Å². The van der Waals surface area contributed by atoms with Gasteiger partial charge in [-0.15, -0.1) is 0 Å². The summed E-state index contributed by atoms with van der Waals surface area (Å²) < 4.78 is 26.8. The summed E-state index contributed by atoms with van der Waals surface area (Å²) in [7, 11) is 0. The van der Waals surface area contributed by atoms with Crippen molar-refractivity contribution in [1.82, 2.24) is 0 Å². The minimum absolute atomic E-state index is 0.178. The number of anilines is 2. The van der Waals surface area contributed by atoms with Crippen molar-refractivity contribution in [3.05, 3.63) is 84.4 Å². The molecule has 0 heterocycles. The molecule has 3 aromatic rings. The van der Waals surface area contributed by atoms with Crippen LogP contribution in [0.1, 0.15) is 6.92 Å². The van der Waals surface area contributed by atoms with Crippen molar-refractivity contribution in [2.45, 2.75) is 13.0 Å². The summed E-state index contributed by atoms with van der Waals surface area (Å²) in [6.45, 7) is 1.65. The maximum atomic E-state index is 13.6. The van der Waals surface area contributed by atoms with E-state index in [2.05, 4.69) is 10.6 Å². The van der Waals surface area contributed by atoms with Crippen LogP contribution in [0.15, 0.2) is 72.8 Å². The van der Waals surface area contributed by atoms with Gasteiger partial charge in [-0.3, -0.25) is 4.79 Å². The highest BCUT2D eigenvalue weighted by atomic mass is 19.1. The van der Waals surface area contributed by atoms with E-state index in [1.54, 1.807) is 6.92 Å². The second kappa shape index (κ2) is 7.78. The van der Waals surface area contributed by atoms with E-state index in [0.717, 1.165) is 35.0 Å². The molecule has 0 spiro atoms. The first-order valence-electron chi connectivity index (χ1n) is 8.21. The molecule has 0 bridgehead atoms. The number of carbonyl (C=O) groups excluding carboxylic acids is 1. The molecule has 3 aromatic carbocycles. The van der Waals surface area contributed by atoms with Gasteiger partial charge in [-0.2, -0.15) is 0 Å². The van der Waals surface area contributed by atoms with Crippen LogP contribution in [0.25, 0.3) is 11.1 Å². The van der Waals surface area contributed by atoms with Crippen molar-refractivity contribution in [2.75, 3.05) is 10.6 Å². The fraction of sp³-hybridized carbons (Fsp3) is 0.0952. The first-order valence-corrected chi connectivity index (χ1v) is 8.21. The summed E-state index contributed by atoms with van der Waals surface area (Å²) in [5, 5.41) is 5.44. The molecule has 0 aliphatic heterocycles. The maximum absolute atomic E-state index is 13.6. The highest BCUT2D eigenvalue weighted by Crippen LogP contribution is 2.21. The van der Waals surface area contributed by atoms with E-state index in [-0.39, 0.29) is 5.69 Å². The first-order chi connectivity index (χ1) is 12.5. The quantitative estimate of drug-likeness (QED) is 0.673. The van der Waals surface area contributed by atoms with E-state index < -0.39 is 23.6 Å². The third-order valence-corrected chi connectivity index (χ3v) is 3.95. The minimum Gasteiger partial charge on any atom is -0.374 e. The van der Waals surface area contributed by atoms with E-state index in [9.17, 15) is 13.6 Å². The van der Waals surface area contributed by atoms with Crippen LogP contribution in [0.2, 0.25) is 0 Å². The fourth-order valence-electron chi connectivity index (χ4n) is 2.54. The Morgan fingerprint density at radius 3 is 2.23 bits per heavy atom. The zero-order valence-corrected chi connectivity index (χ0v) is 14.2. The van der Waals surface area contributed by atoms with Gasteiger partial charge in [0.1, 0.15) is 17.7 Å². The minimum atomic E-state index is -0.681. The van der Waals surface area contributed by atoms with Crippen LogP contribution in [0.5, 0.6) is 0 Å². The Labute approximate surface area is 150 Å². The predicted molar refractivity (Wildman–Crippen MR) is 100.0 cm³/mol. The van der Waals surface area contributed by atoms with Crippen molar-refractivity contribution < 1.29 is 13.6 Å². The molecule has 1 atom stereocenters. The lowest BCUT2D eigenvalue weighted by Gasteiger charge is -2.16. The third kappa shape index (κ3) is 4.25. The molecular formula is C21H18F2N2O. The van der Waals surface area contributed by atoms with Gasteiger partial charge < -0.3 is 10.6 Å². The summed E-state index contributed by atoms with van der Waals surface area (Å²) in [5.41, 5.74) is 2.75. The first kappa shape index (κ1) is 17.6. The van der Waals surface area contributed by atoms with Crippen molar-refractivity contribution >= 4 is 17.3 Å². The van der Waals surface area contributed by atoms with Gasteiger partial charge in [-0.1, -0.05) is 42.5 Å². The highest BCUT2D eigenvalue weighted by molar-refractivity contribution is 5.96. The number of benzene rings is 3. The molecule has 0 aromatic heterocycles. The monoisotopic (exact) mass is 352 g/mol. The molecule has 0 saturated heterocycles. The van der Waals surface area contributed by atoms with E-state index in [1.165, 1.54) is 0 Å². The van der Waals surface area contributed by atoms with Crippen LogP contribution < -0.4 is 10.6 Å². The number of amides is 1. The standard InChI is InChI=1S/C21H18F2N2O/c1-14(21(26)25-20-13-17(22)9-12-19(20)23)24-18-10-7-16(8-11-18)15-5-3-2-4-6-15/h2-14,24H,1H3,(H,25,26). The van der Waals surface area contributed by atoms with Crippen LogP contribution in [0.4, 0.5) is 20.2 Å². The molecular weight excluding hydrogens is 334 g/mol. The Morgan fingerprint density at radius 2 is 1.54 bits per heavy atom. The van der Waals surface area contributed by atoms with Crippen LogP contribution in [-0.2, 0) is 4.79 Å². The van der Waals surface area contributed by atoms with Crippen LogP contribution in [-0.4, -0.2) is 11.9 Å². The Morgan fingerprint density at radius 1 is 0.885 bits per heavy atom. The van der Waals surface area contributed by atoms with Crippen molar-refractivity contribution in [3.8, 4) is 11.1 Å². The van der Waals surface area contributed by atoms with Crippen LogP contribution in [0, 0.1) is 11.6 Å². The molecule has 1 amide bonds. The summed E-state index contributed by atoms with van der Waals surface area (Å²) in [6, 6.07) is 19.9. The number of hydrogen-bond donors (Lipinski definition) is 2. The van der Waals surface area contributed by atoms with Crippen molar-refractivity contribution in [2.24, 2.45) is 0 Å². The zero-order valence-electron chi connectivity index (χ0n) is 14.2. The summed E-state index contributed by atoms with van der Waals surface area (Å²) in [5.74, 6) is -1.75. The van der Waals surface area contributed by atoms with Gasteiger partial charge in [0.05, 0.1) is 5.69 Å². The number of halogens is 2. The molecule has 3 nitrogen and oxygen atoms in total. The van der Waals surface area contributed by atoms with E-state index in [0.29, 0.717) is 0 Å². The summed E-state index contributed by atoms with van der Waals surface area (Å²) in [4.78, 5) is 12.2. The van der Waals surface area contributed by atoms with Gasteiger partial charge in [-0.25, -0.2) is 8.78 Å².